The number of aromatic nitrogens is 2. The Labute approximate surface area is 157 Å². The summed E-state index contributed by atoms with van der Waals surface area (Å²) in [5, 5.41) is 8.63. The molecule has 0 saturated carbocycles. The van der Waals surface area contributed by atoms with E-state index in [2.05, 4.69) is 29.3 Å². The summed E-state index contributed by atoms with van der Waals surface area (Å²) in [5.74, 6) is 0.888. The molecule has 26 heavy (non-hydrogen) atoms. The number of carbonyl (C=O) groups is 1. The minimum Gasteiger partial charge on any atom is -0.411 e. The second-order valence-corrected chi connectivity index (χ2v) is 7.67. The second-order valence-electron chi connectivity index (χ2n) is 6.74. The summed E-state index contributed by atoms with van der Waals surface area (Å²) in [5.41, 5.74) is 6.69. The van der Waals surface area contributed by atoms with Gasteiger partial charge in [0.15, 0.2) is 5.78 Å². The maximum atomic E-state index is 12.5. The number of thioether (sulfide) groups is 1. The normalized spacial score (nSPS) is 13.0. The van der Waals surface area contributed by atoms with E-state index in [-0.39, 0.29) is 5.78 Å². The summed E-state index contributed by atoms with van der Waals surface area (Å²) in [7, 11) is 0. The van der Waals surface area contributed by atoms with E-state index in [9.17, 15) is 4.79 Å². The lowest BCUT2D eigenvalue weighted by atomic mass is 10.0. The Balaban J connectivity index is 1.44. The lowest BCUT2D eigenvalue weighted by Gasteiger charge is -2.03. The Hall–Kier alpha value is -2.40. The smallest absolute Gasteiger partial charge is 0.277 e. The topological polar surface area (TPSA) is 56.0 Å². The molecule has 0 unspecified atom stereocenters. The fourth-order valence-electron chi connectivity index (χ4n) is 3.39. The van der Waals surface area contributed by atoms with Crippen molar-refractivity contribution in [1.29, 1.82) is 0 Å². The van der Waals surface area contributed by atoms with Crippen molar-refractivity contribution >= 4 is 17.5 Å². The molecule has 5 heteroatoms. The van der Waals surface area contributed by atoms with Gasteiger partial charge in [0.2, 0.25) is 5.89 Å². The molecule has 1 aliphatic carbocycles. The lowest BCUT2D eigenvalue weighted by Crippen LogP contribution is -2.03. The summed E-state index contributed by atoms with van der Waals surface area (Å²) in [6.07, 6.45) is 3.39. The van der Waals surface area contributed by atoms with Crippen LogP contribution in [-0.2, 0) is 12.8 Å². The van der Waals surface area contributed by atoms with E-state index in [1.807, 2.05) is 31.2 Å². The van der Waals surface area contributed by atoms with Crippen LogP contribution in [0.3, 0.4) is 0 Å². The number of hydrogen-bond acceptors (Lipinski definition) is 5. The SMILES string of the molecule is Cc1ccc(-c2nnc(SCC(=O)c3ccc4c(c3)CCC4)o2)c(C)c1. The van der Waals surface area contributed by atoms with Crippen LogP contribution in [0.15, 0.2) is 46.0 Å². The van der Waals surface area contributed by atoms with Gasteiger partial charge in [-0.2, -0.15) is 0 Å². The number of nitrogens with zero attached hydrogens (tertiary/aromatic N) is 2. The molecule has 0 saturated heterocycles. The summed E-state index contributed by atoms with van der Waals surface area (Å²) in [4.78, 5) is 12.5. The number of rotatable bonds is 5. The van der Waals surface area contributed by atoms with E-state index >= 15 is 0 Å². The largest absolute Gasteiger partial charge is 0.411 e. The van der Waals surface area contributed by atoms with Gasteiger partial charge >= 0.3 is 0 Å². The van der Waals surface area contributed by atoms with Gasteiger partial charge in [-0.15, -0.1) is 10.2 Å². The summed E-state index contributed by atoms with van der Waals surface area (Å²) >= 11 is 1.29. The Morgan fingerprint density at radius 1 is 1.08 bits per heavy atom. The zero-order valence-electron chi connectivity index (χ0n) is 14.9. The van der Waals surface area contributed by atoms with E-state index in [0.717, 1.165) is 29.5 Å². The van der Waals surface area contributed by atoms with Crippen LogP contribution in [-0.4, -0.2) is 21.7 Å². The van der Waals surface area contributed by atoms with Crippen molar-refractivity contribution in [3.05, 3.63) is 64.2 Å². The average molecular weight is 364 g/mol. The van der Waals surface area contributed by atoms with Gasteiger partial charge in [0.05, 0.1) is 5.75 Å². The number of ketones is 1. The molecule has 3 aromatic rings. The van der Waals surface area contributed by atoms with E-state index in [1.165, 1.54) is 34.9 Å². The molecule has 2 aromatic carbocycles. The van der Waals surface area contributed by atoms with Gasteiger partial charge in [-0.05, 0) is 61.9 Å². The highest BCUT2D eigenvalue weighted by atomic mass is 32.2. The van der Waals surface area contributed by atoms with Crippen molar-refractivity contribution in [2.45, 2.75) is 38.3 Å². The molecule has 0 N–H and O–H groups in total. The molecule has 4 nitrogen and oxygen atoms in total. The summed E-state index contributed by atoms with van der Waals surface area (Å²) in [6, 6.07) is 12.2. The van der Waals surface area contributed by atoms with Crippen molar-refractivity contribution in [2.24, 2.45) is 0 Å². The first-order chi connectivity index (χ1) is 12.6. The molecule has 0 bridgehead atoms. The number of aryl methyl sites for hydroxylation is 4. The zero-order valence-corrected chi connectivity index (χ0v) is 15.7. The predicted molar refractivity (Wildman–Crippen MR) is 103 cm³/mol. The van der Waals surface area contributed by atoms with E-state index < -0.39 is 0 Å². The Morgan fingerprint density at radius 3 is 2.77 bits per heavy atom. The van der Waals surface area contributed by atoms with Gasteiger partial charge in [-0.1, -0.05) is 41.6 Å². The van der Waals surface area contributed by atoms with Gasteiger partial charge in [-0.3, -0.25) is 4.79 Å². The Bertz CT molecular complexity index is 978. The highest BCUT2D eigenvalue weighted by Crippen LogP contribution is 2.27. The van der Waals surface area contributed by atoms with Crippen molar-refractivity contribution in [1.82, 2.24) is 10.2 Å². The van der Waals surface area contributed by atoms with Crippen molar-refractivity contribution in [3.8, 4) is 11.5 Å². The van der Waals surface area contributed by atoms with E-state index in [0.29, 0.717) is 16.9 Å². The molecule has 0 spiro atoms. The average Bonchev–Trinajstić information content (AvgIpc) is 3.28. The third kappa shape index (κ3) is 3.44. The lowest BCUT2D eigenvalue weighted by molar-refractivity contribution is 0.102. The number of hydrogen-bond donors (Lipinski definition) is 0. The molecule has 0 radical (unpaired) electrons. The molecule has 1 heterocycles. The highest BCUT2D eigenvalue weighted by molar-refractivity contribution is 7.99. The quantitative estimate of drug-likeness (QED) is 0.480. The molecule has 0 atom stereocenters. The number of carbonyl (C=O) groups excluding carboxylic acids is 1. The maximum absolute atomic E-state index is 12.5. The maximum Gasteiger partial charge on any atom is 0.277 e. The van der Waals surface area contributed by atoms with Gasteiger partial charge in [0.1, 0.15) is 0 Å². The number of Topliss-reactive ketones (excluding diaryl/α,β-unsaturated/α-hetero) is 1. The first kappa shape index (κ1) is 17.0. The first-order valence-corrected chi connectivity index (χ1v) is 9.77. The van der Waals surface area contributed by atoms with Crippen LogP contribution in [0.1, 0.15) is 39.0 Å². The molecule has 132 valence electrons. The minimum atomic E-state index is 0.0935. The molecule has 1 aromatic heterocycles. The molecular weight excluding hydrogens is 344 g/mol. The molecule has 0 aliphatic heterocycles. The standard InChI is InChI=1S/C21H20N2O2S/c1-13-6-9-18(14(2)10-13)20-22-23-21(25-20)26-12-19(24)17-8-7-15-4-3-5-16(15)11-17/h6-11H,3-5,12H2,1-2H3. The fourth-order valence-corrected chi connectivity index (χ4v) is 4.04. The Kier molecular flexibility index (Phi) is 4.64. The number of benzene rings is 2. The molecule has 4 rings (SSSR count). The van der Waals surface area contributed by atoms with Crippen molar-refractivity contribution in [3.63, 3.8) is 0 Å². The third-order valence-electron chi connectivity index (χ3n) is 4.77. The minimum absolute atomic E-state index is 0.0935. The summed E-state index contributed by atoms with van der Waals surface area (Å²) in [6.45, 7) is 4.08. The van der Waals surface area contributed by atoms with Gasteiger partial charge in [-0.25, -0.2) is 0 Å². The Morgan fingerprint density at radius 2 is 1.92 bits per heavy atom. The van der Waals surface area contributed by atoms with Crippen LogP contribution in [0.2, 0.25) is 0 Å². The monoisotopic (exact) mass is 364 g/mol. The van der Waals surface area contributed by atoms with Gasteiger partial charge in [0, 0.05) is 11.1 Å². The van der Waals surface area contributed by atoms with E-state index in [4.69, 9.17) is 4.42 Å². The van der Waals surface area contributed by atoms with Crippen LogP contribution in [0, 0.1) is 13.8 Å². The number of fused-ring (bicyclic) bond motifs is 1. The molecule has 1 aliphatic rings. The van der Waals surface area contributed by atoms with Crippen LogP contribution in [0.4, 0.5) is 0 Å². The molecule has 0 amide bonds. The van der Waals surface area contributed by atoms with Crippen LogP contribution < -0.4 is 0 Å². The third-order valence-corrected chi connectivity index (χ3v) is 5.58. The zero-order chi connectivity index (χ0) is 18.1. The highest BCUT2D eigenvalue weighted by Gasteiger charge is 2.16. The van der Waals surface area contributed by atoms with Gasteiger partial charge in [0.25, 0.3) is 5.22 Å². The molecular formula is C21H20N2O2S. The fraction of sp³-hybridized carbons (Fsp3) is 0.286. The van der Waals surface area contributed by atoms with Crippen molar-refractivity contribution in [2.75, 3.05) is 5.75 Å². The van der Waals surface area contributed by atoms with Gasteiger partial charge < -0.3 is 4.42 Å². The van der Waals surface area contributed by atoms with E-state index in [1.54, 1.807) is 0 Å². The second kappa shape index (κ2) is 7.08. The first-order valence-electron chi connectivity index (χ1n) is 8.79. The van der Waals surface area contributed by atoms with Crippen molar-refractivity contribution < 1.29 is 9.21 Å². The van der Waals surface area contributed by atoms with Crippen LogP contribution in [0.5, 0.6) is 0 Å². The van der Waals surface area contributed by atoms with Crippen LogP contribution in [0.25, 0.3) is 11.5 Å². The predicted octanol–water partition coefficient (Wildman–Crippen LogP) is 4.82. The van der Waals surface area contributed by atoms with Crippen LogP contribution >= 0.6 is 11.8 Å². The molecule has 0 fully saturated rings. The summed E-state index contributed by atoms with van der Waals surface area (Å²) < 4.78 is 5.74.